The number of hydrogen-bond donors (Lipinski definition) is 2. The lowest BCUT2D eigenvalue weighted by atomic mass is 10.0. The summed E-state index contributed by atoms with van der Waals surface area (Å²) >= 11 is 1.16. The molecule has 1 fully saturated rings. The van der Waals surface area contributed by atoms with E-state index in [9.17, 15) is 9.59 Å². The largest absolute Gasteiger partial charge is 0.488 e. The van der Waals surface area contributed by atoms with Gasteiger partial charge in [-0.25, -0.2) is 5.43 Å². The normalized spacial score (nSPS) is 15.4. The number of fused-ring (bicyclic) bond motifs is 1. The summed E-state index contributed by atoms with van der Waals surface area (Å²) < 4.78 is 5.99. The van der Waals surface area contributed by atoms with Gasteiger partial charge in [-0.2, -0.15) is 0 Å². The van der Waals surface area contributed by atoms with E-state index in [0.717, 1.165) is 33.7 Å². The number of para-hydroxylation sites is 1. The van der Waals surface area contributed by atoms with Crippen LogP contribution in [0.25, 0.3) is 16.8 Å². The zero-order chi connectivity index (χ0) is 24.0. The van der Waals surface area contributed by atoms with Crippen molar-refractivity contribution in [1.29, 1.82) is 0 Å². The number of nitrogens with one attached hydrogen (secondary N) is 2. The standard InChI is InChI=1S/C28H21N3O3S/c32-26(23-15-8-13-20-11-4-6-14-22(20)23)30-31-28-29-27(33)25(35-28)17-21-12-5-7-16-24(21)34-18-19-9-2-1-3-10-19/h1-17H,18H2,(H,30,32)(H,29,31,33). The molecule has 0 atom stereocenters. The lowest BCUT2D eigenvalue weighted by Crippen LogP contribution is -2.25. The molecule has 0 unspecified atom stereocenters. The molecule has 35 heavy (non-hydrogen) atoms. The lowest BCUT2D eigenvalue weighted by Gasteiger charge is -2.09. The number of amidine groups is 1. The van der Waals surface area contributed by atoms with E-state index in [0.29, 0.717) is 28.0 Å². The minimum atomic E-state index is -0.346. The van der Waals surface area contributed by atoms with Crippen LogP contribution in [0.4, 0.5) is 0 Å². The van der Waals surface area contributed by atoms with Gasteiger partial charge >= 0.3 is 0 Å². The van der Waals surface area contributed by atoms with Gasteiger partial charge in [-0.1, -0.05) is 84.9 Å². The molecule has 0 bridgehead atoms. The van der Waals surface area contributed by atoms with Crippen LogP contribution in [0.1, 0.15) is 21.5 Å². The van der Waals surface area contributed by atoms with Crippen molar-refractivity contribution in [1.82, 2.24) is 10.7 Å². The summed E-state index contributed by atoms with van der Waals surface area (Å²) in [4.78, 5) is 25.7. The highest BCUT2D eigenvalue weighted by atomic mass is 32.2. The van der Waals surface area contributed by atoms with Gasteiger partial charge < -0.3 is 4.74 Å². The third-order valence-electron chi connectivity index (χ3n) is 5.39. The van der Waals surface area contributed by atoms with Crippen LogP contribution < -0.4 is 15.5 Å². The van der Waals surface area contributed by atoms with E-state index in [2.05, 4.69) is 15.8 Å². The second kappa shape index (κ2) is 10.3. The summed E-state index contributed by atoms with van der Waals surface area (Å²) in [6.45, 7) is 0.424. The van der Waals surface area contributed by atoms with Crippen molar-refractivity contribution in [2.24, 2.45) is 5.10 Å². The van der Waals surface area contributed by atoms with E-state index in [1.165, 1.54) is 0 Å². The highest BCUT2D eigenvalue weighted by molar-refractivity contribution is 8.18. The first-order chi connectivity index (χ1) is 17.2. The van der Waals surface area contributed by atoms with Crippen molar-refractivity contribution in [2.75, 3.05) is 0 Å². The number of ether oxygens (including phenoxy) is 1. The molecule has 0 aromatic heterocycles. The van der Waals surface area contributed by atoms with Gasteiger partial charge in [0, 0.05) is 11.1 Å². The minimum absolute atomic E-state index is 0.286. The fraction of sp³-hybridized carbons (Fsp3) is 0.0357. The Kier molecular flexibility index (Phi) is 6.59. The van der Waals surface area contributed by atoms with Crippen LogP contribution in [0.3, 0.4) is 0 Å². The van der Waals surface area contributed by atoms with Gasteiger partial charge in [-0.3, -0.25) is 14.9 Å². The molecule has 0 saturated carbocycles. The highest BCUT2D eigenvalue weighted by Crippen LogP contribution is 2.29. The van der Waals surface area contributed by atoms with Gasteiger partial charge in [-0.05, 0) is 46.3 Å². The SMILES string of the molecule is O=C1NC(=NNC(=O)c2cccc3ccccc23)SC1=Cc1ccccc1OCc1ccccc1. The summed E-state index contributed by atoms with van der Waals surface area (Å²) in [6.07, 6.45) is 1.76. The van der Waals surface area contributed by atoms with E-state index in [1.54, 1.807) is 12.1 Å². The Hall–Kier alpha value is -4.36. The molecular weight excluding hydrogens is 458 g/mol. The zero-order valence-corrected chi connectivity index (χ0v) is 19.4. The molecule has 172 valence electrons. The third-order valence-corrected chi connectivity index (χ3v) is 6.30. The molecule has 0 spiro atoms. The molecule has 1 aliphatic heterocycles. The second-order valence-corrected chi connectivity index (χ2v) is 8.79. The molecule has 4 aromatic carbocycles. The topological polar surface area (TPSA) is 79.8 Å². The Labute approximate surface area is 206 Å². The van der Waals surface area contributed by atoms with Gasteiger partial charge in [0.05, 0.1) is 4.91 Å². The highest BCUT2D eigenvalue weighted by Gasteiger charge is 2.25. The minimum Gasteiger partial charge on any atom is -0.488 e. The summed E-state index contributed by atoms with van der Waals surface area (Å²) in [7, 11) is 0. The maximum atomic E-state index is 12.7. The van der Waals surface area contributed by atoms with Crippen LogP contribution in [0.2, 0.25) is 0 Å². The Morgan fingerprint density at radius 2 is 1.66 bits per heavy atom. The summed E-state index contributed by atoms with van der Waals surface area (Å²) in [6, 6.07) is 30.6. The third kappa shape index (κ3) is 5.26. The van der Waals surface area contributed by atoms with Gasteiger partial charge in [0.1, 0.15) is 12.4 Å². The average molecular weight is 480 g/mol. The summed E-state index contributed by atoms with van der Waals surface area (Å²) in [5, 5.41) is 8.93. The van der Waals surface area contributed by atoms with E-state index < -0.39 is 0 Å². The molecule has 5 rings (SSSR count). The van der Waals surface area contributed by atoms with Crippen molar-refractivity contribution >= 4 is 45.6 Å². The molecule has 4 aromatic rings. The van der Waals surface area contributed by atoms with Crippen molar-refractivity contribution in [3.05, 3.63) is 119 Å². The van der Waals surface area contributed by atoms with Crippen molar-refractivity contribution in [2.45, 2.75) is 6.61 Å². The number of hydrogen-bond acceptors (Lipinski definition) is 5. The van der Waals surface area contributed by atoms with E-state index in [1.807, 2.05) is 91.0 Å². The van der Waals surface area contributed by atoms with E-state index >= 15 is 0 Å². The first-order valence-corrected chi connectivity index (χ1v) is 11.8. The molecule has 0 radical (unpaired) electrons. The number of hydrazone groups is 1. The molecule has 1 heterocycles. The first-order valence-electron chi connectivity index (χ1n) is 11.0. The molecule has 2 N–H and O–H groups in total. The zero-order valence-electron chi connectivity index (χ0n) is 18.6. The number of carbonyl (C=O) groups excluding carboxylic acids is 2. The molecule has 7 heteroatoms. The predicted octanol–water partition coefficient (Wildman–Crippen LogP) is 5.32. The van der Waals surface area contributed by atoms with Crippen molar-refractivity contribution < 1.29 is 14.3 Å². The number of carbonyl (C=O) groups is 2. The van der Waals surface area contributed by atoms with Crippen LogP contribution in [-0.4, -0.2) is 17.0 Å². The molecule has 1 aliphatic rings. The maximum Gasteiger partial charge on any atom is 0.272 e. The Balaban J connectivity index is 1.29. The average Bonchev–Trinajstić information content (AvgIpc) is 3.25. The van der Waals surface area contributed by atoms with Crippen LogP contribution in [-0.2, 0) is 11.4 Å². The molecule has 0 aliphatic carbocycles. The number of rotatable bonds is 6. The van der Waals surface area contributed by atoms with Crippen LogP contribution in [0, 0.1) is 0 Å². The molecular formula is C28H21N3O3S. The number of thioether (sulfide) groups is 1. The number of benzene rings is 4. The van der Waals surface area contributed by atoms with Gasteiger partial charge in [0.25, 0.3) is 11.8 Å². The second-order valence-electron chi connectivity index (χ2n) is 7.76. The molecule has 2 amide bonds. The van der Waals surface area contributed by atoms with E-state index in [4.69, 9.17) is 4.74 Å². The van der Waals surface area contributed by atoms with E-state index in [-0.39, 0.29) is 11.8 Å². The van der Waals surface area contributed by atoms with Crippen molar-refractivity contribution in [3.8, 4) is 5.75 Å². The molecule has 6 nitrogen and oxygen atoms in total. The Morgan fingerprint density at radius 1 is 0.914 bits per heavy atom. The van der Waals surface area contributed by atoms with Crippen molar-refractivity contribution in [3.63, 3.8) is 0 Å². The van der Waals surface area contributed by atoms with Gasteiger partial charge in [0.2, 0.25) is 0 Å². The van der Waals surface area contributed by atoms with Crippen LogP contribution >= 0.6 is 11.8 Å². The Bertz CT molecular complexity index is 1460. The van der Waals surface area contributed by atoms with Gasteiger partial charge in [0.15, 0.2) is 5.17 Å². The predicted molar refractivity (Wildman–Crippen MR) is 140 cm³/mol. The van der Waals surface area contributed by atoms with Gasteiger partial charge in [-0.15, -0.1) is 5.10 Å². The fourth-order valence-electron chi connectivity index (χ4n) is 3.67. The summed E-state index contributed by atoms with van der Waals surface area (Å²) in [5.41, 5.74) is 4.90. The smallest absolute Gasteiger partial charge is 0.272 e. The fourth-order valence-corrected chi connectivity index (χ4v) is 4.45. The summed E-state index contributed by atoms with van der Waals surface area (Å²) in [5.74, 6) is 0.0409. The number of nitrogens with zero attached hydrogens (tertiary/aromatic N) is 1. The molecule has 1 saturated heterocycles. The monoisotopic (exact) mass is 479 g/mol. The Morgan fingerprint density at radius 3 is 2.54 bits per heavy atom. The quantitative estimate of drug-likeness (QED) is 0.290. The first kappa shape index (κ1) is 22.4. The van der Waals surface area contributed by atoms with Crippen LogP contribution in [0.5, 0.6) is 5.75 Å². The number of amides is 2. The lowest BCUT2D eigenvalue weighted by molar-refractivity contribution is -0.115. The van der Waals surface area contributed by atoms with Crippen LogP contribution in [0.15, 0.2) is 107 Å². The maximum absolute atomic E-state index is 12.7.